The topological polar surface area (TPSA) is 99.1 Å². The molecule has 0 spiro atoms. The van der Waals surface area contributed by atoms with E-state index in [-0.39, 0.29) is 11.6 Å². The molecule has 38 heavy (non-hydrogen) atoms. The second-order valence-corrected chi connectivity index (χ2v) is 11.2. The van der Waals surface area contributed by atoms with Gasteiger partial charge in [-0.2, -0.15) is 15.5 Å². The molecule has 0 radical (unpaired) electrons. The first-order valence-corrected chi connectivity index (χ1v) is 13.5. The van der Waals surface area contributed by atoms with Crippen molar-refractivity contribution < 1.29 is 0 Å². The summed E-state index contributed by atoms with van der Waals surface area (Å²) in [6.07, 6.45) is 9.60. The molecule has 1 unspecified atom stereocenters. The molecule has 0 aromatic carbocycles. The number of nitrogens with one attached hydrogen (secondary N) is 2. The molecule has 0 saturated carbocycles. The summed E-state index contributed by atoms with van der Waals surface area (Å²) in [6.45, 7) is 12.1. The quantitative estimate of drug-likeness (QED) is 0.399. The maximum atomic E-state index is 9.72. The molecule has 9 heteroatoms. The standard InChI is InChI=1S/C29H35N9/c1-19(25-7-5-6-10-31-25)35-26-13-21(18-37-28(26)22(14-30)15-33-37)24-16-34-38(20(24)2)23-8-11-36(12-9-23)27-17-32-29(27,3)4/h5-7,10,13,15-16,18-19,23,27,32,35H,8-9,11-12,17H2,1-4H3/t19-,27?/m1/s1. The van der Waals surface area contributed by atoms with Gasteiger partial charge in [0.1, 0.15) is 11.6 Å². The van der Waals surface area contributed by atoms with E-state index < -0.39 is 0 Å². The maximum absolute atomic E-state index is 9.72. The van der Waals surface area contributed by atoms with Gasteiger partial charge in [0.25, 0.3) is 0 Å². The van der Waals surface area contributed by atoms with Crippen LogP contribution in [0, 0.1) is 18.3 Å². The average Bonchev–Trinajstić information content (AvgIpc) is 3.52. The SMILES string of the molecule is Cc1c(-c2cc(N[C@H](C)c3ccccn3)c3c(C#N)cnn3c2)cnn1C1CCN(C2CNC2(C)C)CC1. The fourth-order valence-corrected chi connectivity index (χ4v) is 6.10. The van der Waals surface area contributed by atoms with Crippen molar-refractivity contribution in [2.24, 2.45) is 0 Å². The highest BCUT2D eigenvalue weighted by Gasteiger charge is 2.42. The molecular weight excluding hydrogens is 474 g/mol. The largest absolute Gasteiger partial charge is 0.375 e. The number of aromatic nitrogens is 5. The third kappa shape index (κ3) is 4.24. The molecule has 0 aliphatic carbocycles. The van der Waals surface area contributed by atoms with Crippen LogP contribution >= 0.6 is 0 Å². The molecule has 2 aliphatic rings. The van der Waals surface area contributed by atoms with Crippen molar-refractivity contribution in [2.75, 3.05) is 25.0 Å². The molecule has 6 heterocycles. The molecule has 2 aliphatic heterocycles. The summed E-state index contributed by atoms with van der Waals surface area (Å²) in [7, 11) is 0. The van der Waals surface area contributed by atoms with Crippen LogP contribution in [0.3, 0.4) is 0 Å². The Morgan fingerprint density at radius 2 is 2.00 bits per heavy atom. The van der Waals surface area contributed by atoms with Crippen LogP contribution in [-0.2, 0) is 0 Å². The lowest BCUT2D eigenvalue weighted by Gasteiger charge is -2.53. The molecule has 2 atom stereocenters. The average molecular weight is 510 g/mol. The van der Waals surface area contributed by atoms with Gasteiger partial charge in [0.2, 0.25) is 0 Å². The van der Waals surface area contributed by atoms with Crippen molar-refractivity contribution >= 4 is 11.2 Å². The number of hydrogen-bond donors (Lipinski definition) is 2. The van der Waals surface area contributed by atoms with Crippen LogP contribution in [0.5, 0.6) is 0 Å². The number of anilines is 1. The Morgan fingerprint density at radius 1 is 1.18 bits per heavy atom. The first-order chi connectivity index (χ1) is 18.4. The smallest absolute Gasteiger partial charge is 0.107 e. The number of nitrogens with zero attached hydrogens (tertiary/aromatic N) is 7. The lowest BCUT2D eigenvalue weighted by molar-refractivity contribution is 0.0220. The van der Waals surface area contributed by atoms with E-state index in [2.05, 4.69) is 70.1 Å². The zero-order valence-corrected chi connectivity index (χ0v) is 22.5. The summed E-state index contributed by atoms with van der Waals surface area (Å²) >= 11 is 0. The number of rotatable bonds is 6. The second kappa shape index (κ2) is 9.53. The van der Waals surface area contributed by atoms with Crippen LogP contribution in [0.4, 0.5) is 5.69 Å². The number of pyridine rings is 2. The van der Waals surface area contributed by atoms with Crippen molar-refractivity contribution in [3.05, 3.63) is 66.0 Å². The first kappa shape index (κ1) is 24.6. The Bertz CT molecular complexity index is 1490. The molecule has 6 rings (SSSR count). The van der Waals surface area contributed by atoms with Crippen LogP contribution in [0.2, 0.25) is 0 Å². The summed E-state index contributed by atoms with van der Waals surface area (Å²) in [5.74, 6) is 0. The summed E-state index contributed by atoms with van der Waals surface area (Å²) < 4.78 is 4.01. The fraction of sp³-hybridized carbons (Fsp3) is 0.448. The van der Waals surface area contributed by atoms with E-state index in [1.807, 2.05) is 30.6 Å². The number of hydrogen-bond acceptors (Lipinski definition) is 7. The van der Waals surface area contributed by atoms with Crippen molar-refractivity contribution in [3.8, 4) is 17.2 Å². The monoisotopic (exact) mass is 509 g/mol. The summed E-state index contributed by atoms with van der Waals surface area (Å²) in [5, 5.41) is 26.2. The van der Waals surface area contributed by atoms with Gasteiger partial charge < -0.3 is 10.6 Å². The summed E-state index contributed by atoms with van der Waals surface area (Å²) in [5.41, 5.74) is 6.56. The molecule has 2 N–H and O–H groups in total. The van der Waals surface area contributed by atoms with Gasteiger partial charge in [-0.25, -0.2) is 4.52 Å². The van der Waals surface area contributed by atoms with E-state index in [1.165, 1.54) is 0 Å². The van der Waals surface area contributed by atoms with Gasteiger partial charge in [-0.3, -0.25) is 14.6 Å². The number of fused-ring (bicyclic) bond motifs is 1. The highest BCUT2D eigenvalue weighted by atomic mass is 15.3. The van der Waals surface area contributed by atoms with Gasteiger partial charge in [0, 0.05) is 60.4 Å². The van der Waals surface area contributed by atoms with Crippen molar-refractivity contribution in [1.82, 2.24) is 34.6 Å². The maximum Gasteiger partial charge on any atom is 0.107 e. The fourth-order valence-electron chi connectivity index (χ4n) is 6.10. The molecular formula is C29H35N9. The Kier molecular flexibility index (Phi) is 6.17. The predicted molar refractivity (Wildman–Crippen MR) is 148 cm³/mol. The third-order valence-corrected chi connectivity index (χ3v) is 8.46. The Labute approximate surface area is 223 Å². The minimum absolute atomic E-state index is 0.0402. The van der Waals surface area contributed by atoms with Crippen molar-refractivity contribution in [1.29, 1.82) is 5.26 Å². The Balaban J connectivity index is 1.28. The van der Waals surface area contributed by atoms with Gasteiger partial charge in [-0.15, -0.1) is 0 Å². The molecule has 0 bridgehead atoms. The van der Waals surface area contributed by atoms with Crippen LogP contribution in [0.1, 0.15) is 62.6 Å². The minimum atomic E-state index is -0.0402. The third-order valence-electron chi connectivity index (χ3n) is 8.46. The van der Waals surface area contributed by atoms with Crippen molar-refractivity contribution in [2.45, 2.75) is 64.2 Å². The number of piperidine rings is 1. The first-order valence-electron chi connectivity index (χ1n) is 13.5. The van der Waals surface area contributed by atoms with E-state index in [1.54, 1.807) is 16.9 Å². The summed E-state index contributed by atoms with van der Waals surface area (Å²) in [6, 6.07) is 11.3. The molecule has 2 saturated heterocycles. The van der Waals surface area contributed by atoms with Crippen LogP contribution in [0.15, 0.2) is 49.1 Å². The van der Waals surface area contributed by atoms with E-state index >= 15 is 0 Å². The van der Waals surface area contributed by atoms with E-state index in [4.69, 9.17) is 5.10 Å². The highest BCUT2D eigenvalue weighted by molar-refractivity contribution is 5.83. The Hall–Kier alpha value is -3.74. The number of nitriles is 1. The van der Waals surface area contributed by atoms with Gasteiger partial charge in [-0.1, -0.05) is 6.07 Å². The molecule has 9 nitrogen and oxygen atoms in total. The molecule has 4 aromatic heterocycles. The van der Waals surface area contributed by atoms with Gasteiger partial charge in [-0.05, 0) is 58.7 Å². The lowest BCUT2D eigenvalue weighted by atomic mass is 9.84. The number of likely N-dealkylation sites (tertiary alicyclic amines) is 1. The lowest BCUT2D eigenvalue weighted by Crippen LogP contribution is -2.72. The van der Waals surface area contributed by atoms with Crippen LogP contribution < -0.4 is 10.6 Å². The van der Waals surface area contributed by atoms with E-state index in [9.17, 15) is 5.26 Å². The zero-order chi connectivity index (χ0) is 26.4. The molecule has 4 aromatic rings. The van der Waals surface area contributed by atoms with E-state index in [0.29, 0.717) is 17.6 Å². The van der Waals surface area contributed by atoms with Gasteiger partial charge in [0.15, 0.2) is 0 Å². The molecule has 196 valence electrons. The molecule has 2 fully saturated rings. The van der Waals surface area contributed by atoms with E-state index in [0.717, 1.165) is 66.2 Å². The van der Waals surface area contributed by atoms with Crippen molar-refractivity contribution in [3.63, 3.8) is 0 Å². The predicted octanol–water partition coefficient (Wildman–Crippen LogP) is 4.33. The van der Waals surface area contributed by atoms with Gasteiger partial charge >= 0.3 is 0 Å². The van der Waals surface area contributed by atoms with Gasteiger partial charge in [0.05, 0.1) is 41.4 Å². The zero-order valence-electron chi connectivity index (χ0n) is 22.5. The second-order valence-electron chi connectivity index (χ2n) is 11.2. The Morgan fingerprint density at radius 3 is 2.66 bits per heavy atom. The molecule has 0 amide bonds. The summed E-state index contributed by atoms with van der Waals surface area (Å²) in [4.78, 5) is 7.14. The minimum Gasteiger partial charge on any atom is -0.375 e. The van der Waals surface area contributed by atoms with Crippen LogP contribution in [0.25, 0.3) is 16.6 Å². The normalized spacial score (nSPS) is 20.7. The van der Waals surface area contributed by atoms with Crippen LogP contribution in [-0.4, -0.2) is 60.5 Å². The highest BCUT2D eigenvalue weighted by Crippen LogP contribution is 2.35.